The van der Waals surface area contributed by atoms with Gasteiger partial charge in [-0.15, -0.1) is 10.2 Å². The van der Waals surface area contributed by atoms with Crippen LogP contribution in [0.5, 0.6) is 0 Å². The number of ether oxygens (including phenoxy) is 1. The van der Waals surface area contributed by atoms with E-state index in [4.69, 9.17) is 4.74 Å². The zero-order valence-corrected chi connectivity index (χ0v) is 7.68. The van der Waals surface area contributed by atoms with Gasteiger partial charge in [-0.05, 0) is 6.92 Å². The molecule has 0 fully saturated rings. The molecule has 0 saturated heterocycles. The van der Waals surface area contributed by atoms with Crippen molar-refractivity contribution in [2.75, 3.05) is 13.0 Å². The van der Waals surface area contributed by atoms with Gasteiger partial charge in [0.05, 0.1) is 5.94 Å². The van der Waals surface area contributed by atoms with E-state index < -0.39 is 0 Å². The van der Waals surface area contributed by atoms with E-state index in [1.807, 2.05) is 18.5 Å². The molecule has 0 unspecified atom stereocenters. The van der Waals surface area contributed by atoms with Crippen LogP contribution in [0, 0.1) is 6.92 Å². The van der Waals surface area contributed by atoms with Gasteiger partial charge in [0, 0.05) is 14.2 Å². The number of hydrogen-bond donors (Lipinski definition) is 0. The molecule has 0 aliphatic carbocycles. The Hall–Kier alpha value is -0.550. The molecule has 1 aromatic rings. The summed E-state index contributed by atoms with van der Waals surface area (Å²) in [5.74, 6) is 1.54. The van der Waals surface area contributed by atoms with Gasteiger partial charge in [-0.3, -0.25) is 0 Å². The predicted octanol–water partition coefficient (Wildman–Crippen LogP) is 0.820. The fourth-order valence-corrected chi connectivity index (χ4v) is 1.27. The number of rotatable bonds is 3. The van der Waals surface area contributed by atoms with E-state index in [0.29, 0.717) is 5.94 Å². The minimum atomic E-state index is 0.617. The molecule has 1 heterocycles. The van der Waals surface area contributed by atoms with Crippen LogP contribution in [-0.2, 0) is 11.8 Å². The first-order chi connectivity index (χ1) is 5.25. The third kappa shape index (κ3) is 1.94. The van der Waals surface area contributed by atoms with E-state index in [1.54, 1.807) is 7.11 Å². The van der Waals surface area contributed by atoms with Gasteiger partial charge < -0.3 is 9.30 Å². The number of methoxy groups -OCH3 is 1. The number of hydrogen-bond acceptors (Lipinski definition) is 4. The lowest BCUT2D eigenvalue weighted by atomic mass is 10.7. The maximum absolute atomic E-state index is 4.89. The van der Waals surface area contributed by atoms with Crippen LogP contribution in [-0.4, -0.2) is 27.8 Å². The van der Waals surface area contributed by atoms with Crippen LogP contribution in [0.15, 0.2) is 5.16 Å². The van der Waals surface area contributed by atoms with E-state index in [9.17, 15) is 0 Å². The zero-order chi connectivity index (χ0) is 8.27. The standard InChI is InChI=1S/C6H11N3OS/c1-5-7-8-6(9(5)2)11-4-10-3/h4H2,1-3H3. The molecule has 0 bridgehead atoms. The summed E-state index contributed by atoms with van der Waals surface area (Å²) in [6.45, 7) is 1.92. The second kappa shape index (κ2) is 3.73. The normalized spacial score (nSPS) is 10.5. The fraction of sp³-hybridized carbons (Fsp3) is 0.667. The molecule has 4 nitrogen and oxygen atoms in total. The minimum Gasteiger partial charge on any atom is -0.374 e. The van der Waals surface area contributed by atoms with Gasteiger partial charge in [0.25, 0.3) is 0 Å². The van der Waals surface area contributed by atoms with Crippen molar-refractivity contribution in [1.82, 2.24) is 14.8 Å². The second-order valence-corrected chi connectivity index (χ2v) is 3.03. The Kier molecular flexibility index (Phi) is 2.90. The van der Waals surface area contributed by atoms with Crippen LogP contribution < -0.4 is 0 Å². The maximum Gasteiger partial charge on any atom is 0.193 e. The van der Waals surface area contributed by atoms with Crippen molar-refractivity contribution >= 4 is 11.8 Å². The molecule has 0 N–H and O–H groups in total. The molecule has 0 amide bonds. The lowest BCUT2D eigenvalue weighted by Gasteiger charge is -1.98. The summed E-state index contributed by atoms with van der Waals surface area (Å²) in [4.78, 5) is 0. The first-order valence-electron chi connectivity index (χ1n) is 3.23. The molecule has 5 heteroatoms. The Bertz CT molecular complexity index is 236. The van der Waals surface area contributed by atoms with Crippen molar-refractivity contribution in [1.29, 1.82) is 0 Å². The molecule has 62 valence electrons. The molecule has 0 radical (unpaired) electrons. The van der Waals surface area contributed by atoms with Crippen LogP contribution in [0.25, 0.3) is 0 Å². The quantitative estimate of drug-likeness (QED) is 0.501. The molecule has 0 spiro atoms. The van der Waals surface area contributed by atoms with E-state index in [2.05, 4.69) is 10.2 Å². The lowest BCUT2D eigenvalue weighted by Crippen LogP contribution is -1.94. The largest absolute Gasteiger partial charge is 0.374 e. The van der Waals surface area contributed by atoms with Crippen molar-refractivity contribution < 1.29 is 4.74 Å². The van der Waals surface area contributed by atoms with Crippen LogP contribution >= 0.6 is 11.8 Å². The first-order valence-corrected chi connectivity index (χ1v) is 4.22. The van der Waals surface area contributed by atoms with Gasteiger partial charge in [0.1, 0.15) is 5.82 Å². The average molecular weight is 173 g/mol. The average Bonchev–Trinajstić information content (AvgIpc) is 2.31. The van der Waals surface area contributed by atoms with Gasteiger partial charge in [-0.2, -0.15) is 0 Å². The lowest BCUT2D eigenvalue weighted by molar-refractivity contribution is 0.258. The second-order valence-electron chi connectivity index (χ2n) is 2.14. The highest BCUT2D eigenvalue weighted by Crippen LogP contribution is 2.14. The van der Waals surface area contributed by atoms with Gasteiger partial charge in [-0.25, -0.2) is 0 Å². The molecule has 0 aromatic carbocycles. The monoisotopic (exact) mass is 173 g/mol. The molecule has 0 saturated carbocycles. The van der Waals surface area contributed by atoms with Gasteiger partial charge >= 0.3 is 0 Å². The maximum atomic E-state index is 4.89. The zero-order valence-electron chi connectivity index (χ0n) is 6.87. The molecular formula is C6H11N3OS. The summed E-state index contributed by atoms with van der Waals surface area (Å²) >= 11 is 1.53. The number of aromatic nitrogens is 3. The Morgan fingerprint density at radius 3 is 2.73 bits per heavy atom. The summed E-state index contributed by atoms with van der Waals surface area (Å²) in [6.07, 6.45) is 0. The molecule has 0 atom stereocenters. The topological polar surface area (TPSA) is 39.9 Å². The van der Waals surface area contributed by atoms with Crippen LogP contribution in [0.4, 0.5) is 0 Å². The molecule has 0 aliphatic heterocycles. The van der Waals surface area contributed by atoms with Crippen LogP contribution in [0.3, 0.4) is 0 Å². The van der Waals surface area contributed by atoms with E-state index >= 15 is 0 Å². The molecule has 0 aliphatic rings. The Balaban J connectivity index is 2.63. The summed E-state index contributed by atoms with van der Waals surface area (Å²) in [6, 6.07) is 0. The highest BCUT2D eigenvalue weighted by Gasteiger charge is 2.03. The Morgan fingerprint density at radius 1 is 1.55 bits per heavy atom. The highest BCUT2D eigenvalue weighted by molar-refractivity contribution is 7.99. The van der Waals surface area contributed by atoms with Crippen molar-refractivity contribution in [3.05, 3.63) is 5.82 Å². The summed E-state index contributed by atoms with van der Waals surface area (Å²) in [5.41, 5.74) is 0. The summed E-state index contributed by atoms with van der Waals surface area (Å²) < 4.78 is 6.83. The molecule has 1 aromatic heterocycles. The number of nitrogens with zero attached hydrogens (tertiary/aromatic N) is 3. The Labute approximate surface area is 70.0 Å². The summed E-state index contributed by atoms with van der Waals surface area (Å²) in [7, 11) is 3.60. The SMILES string of the molecule is COCSc1nnc(C)n1C. The van der Waals surface area contributed by atoms with Gasteiger partial charge in [0.15, 0.2) is 5.16 Å². The first kappa shape index (κ1) is 8.55. The molecule has 11 heavy (non-hydrogen) atoms. The van der Waals surface area contributed by atoms with Crippen molar-refractivity contribution in [3.8, 4) is 0 Å². The van der Waals surface area contributed by atoms with E-state index in [-0.39, 0.29) is 0 Å². The molecule has 1 rings (SSSR count). The fourth-order valence-electron chi connectivity index (χ4n) is 0.625. The highest BCUT2D eigenvalue weighted by atomic mass is 32.2. The third-order valence-corrected chi connectivity index (χ3v) is 2.33. The minimum absolute atomic E-state index is 0.617. The molecular weight excluding hydrogens is 162 g/mol. The van der Waals surface area contributed by atoms with E-state index in [1.165, 1.54) is 11.8 Å². The van der Waals surface area contributed by atoms with E-state index in [0.717, 1.165) is 11.0 Å². The van der Waals surface area contributed by atoms with Gasteiger partial charge in [0.2, 0.25) is 0 Å². The Morgan fingerprint density at radius 2 is 2.27 bits per heavy atom. The van der Waals surface area contributed by atoms with Crippen molar-refractivity contribution in [3.63, 3.8) is 0 Å². The van der Waals surface area contributed by atoms with Crippen molar-refractivity contribution in [2.45, 2.75) is 12.1 Å². The van der Waals surface area contributed by atoms with Crippen molar-refractivity contribution in [2.24, 2.45) is 7.05 Å². The van der Waals surface area contributed by atoms with Crippen LogP contribution in [0.2, 0.25) is 0 Å². The smallest absolute Gasteiger partial charge is 0.193 e. The number of thioether (sulfide) groups is 1. The van der Waals surface area contributed by atoms with Gasteiger partial charge in [-0.1, -0.05) is 11.8 Å². The predicted molar refractivity (Wildman–Crippen MR) is 43.5 cm³/mol. The van der Waals surface area contributed by atoms with Crippen LogP contribution in [0.1, 0.15) is 5.82 Å². The summed E-state index contributed by atoms with van der Waals surface area (Å²) in [5, 5.41) is 8.75. The number of aryl methyl sites for hydroxylation is 1. The third-order valence-electron chi connectivity index (χ3n) is 1.36.